The van der Waals surface area contributed by atoms with Crippen LogP contribution in [0.2, 0.25) is 5.02 Å². The van der Waals surface area contributed by atoms with Crippen molar-refractivity contribution in [2.24, 2.45) is 0 Å². The highest BCUT2D eigenvalue weighted by Gasteiger charge is 2.21. The molecule has 1 unspecified atom stereocenters. The number of nitrogens with one attached hydrogen (secondary N) is 1. The van der Waals surface area contributed by atoms with Gasteiger partial charge in [-0.1, -0.05) is 23.7 Å². The molecule has 0 amide bonds. The summed E-state index contributed by atoms with van der Waals surface area (Å²) in [4.78, 5) is 12.2. The molecule has 1 aliphatic heterocycles. The van der Waals surface area contributed by atoms with Gasteiger partial charge in [0.2, 0.25) is 0 Å². The van der Waals surface area contributed by atoms with Crippen molar-refractivity contribution in [1.29, 1.82) is 0 Å². The highest BCUT2D eigenvalue weighted by molar-refractivity contribution is 6.30. The third kappa shape index (κ3) is 3.43. The number of hydrogen-bond acceptors (Lipinski definition) is 5. The summed E-state index contributed by atoms with van der Waals surface area (Å²) >= 11 is 5.89. The summed E-state index contributed by atoms with van der Waals surface area (Å²) in [6, 6.07) is 7.42. The molecule has 1 N–H and O–H groups in total. The van der Waals surface area contributed by atoms with E-state index in [0.29, 0.717) is 35.2 Å². The Morgan fingerprint density at radius 1 is 1.24 bits per heavy atom. The molecule has 0 bridgehead atoms. The number of hydrogen-bond donors (Lipinski definition) is 1. The average Bonchev–Trinajstić information content (AvgIpc) is 3.05. The van der Waals surface area contributed by atoms with Crippen molar-refractivity contribution in [3.05, 3.63) is 47.3 Å². The second-order valence-corrected chi connectivity index (χ2v) is 6.40. The van der Waals surface area contributed by atoms with E-state index in [1.807, 2.05) is 24.3 Å². The Morgan fingerprint density at radius 2 is 2.08 bits per heavy atom. The minimum Gasteiger partial charge on any atom is -0.364 e. The lowest BCUT2D eigenvalue weighted by atomic mass is 10.2. The van der Waals surface area contributed by atoms with Crippen LogP contribution in [0.15, 0.2) is 30.6 Å². The monoisotopic (exact) mass is 361 g/mol. The molecule has 130 valence electrons. The number of imidazole rings is 1. The van der Waals surface area contributed by atoms with Crippen LogP contribution in [-0.4, -0.2) is 26.1 Å². The van der Waals surface area contributed by atoms with Crippen LogP contribution in [-0.2, 0) is 11.3 Å². The molecule has 1 aliphatic rings. The Bertz CT molecular complexity index is 877. The maximum Gasteiger partial charge on any atom is 0.312 e. The zero-order valence-electron chi connectivity index (χ0n) is 13.5. The van der Waals surface area contributed by atoms with E-state index in [-0.39, 0.29) is 6.23 Å². The molecule has 0 saturated carbocycles. The van der Waals surface area contributed by atoms with Gasteiger partial charge in [0.05, 0.1) is 6.33 Å². The van der Waals surface area contributed by atoms with Gasteiger partial charge in [0.1, 0.15) is 6.23 Å². The van der Waals surface area contributed by atoms with Gasteiger partial charge in [-0.15, -0.1) is 0 Å². The first-order chi connectivity index (χ1) is 12.2. The van der Waals surface area contributed by atoms with Crippen LogP contribution in [0.25, 0.3) is 11.2 Å². The van der Waals surface area contributed by atoms with Gasteiger partial charge in [0.25, 0.3) is 0 Å². The van der Waals surface area contributed by atoms with E-state index in [4.69, 9.17) is 16.3 Å². The van der Waals surface area contributed by atoms with E-state index in [1.165, 1.54) is 0 Å². The van der Waals surface area contributed by atoms with Crippen LogP contribution in [0.1, 0.15) is 31.1 Å². The zero-order chi connectivity index (χ0) is 17.2. The molecular weight excluding hydrogens is 345 g/mol. The lowest BCUT2D eigenvalue weighted by Gasteiger charge is -2.23. The summed E-state index contributed by atoms with van der Waals surface area (Å²) in [5, 5.41) is 3.80. The van der Waals surface area contributed by atoms with Crippen molar-refractivity contribution in [2.45, 2.75) is 32.0 Å². The lowest BCUT2D eigenvalue weighted by molar-refractivity contribution is -0.0298. The minimum atomic E-state index is -0.788. The molecule has 0 spiro atoms. The molecule has 4 rings (SSSR count). The molecule has 1 atom stereocenters. The van der Waals surface area contributed by atoms with Crippen LogP contribution in [0.5, 0.6) is 0 Å². The van der Waals surface area contributed by atoms with E-state index >= 15 is 0 Å². The molecule has 2 aromatic heterocycles. The molecule has 0 radical (unpaired) electrons. The van der Waals surface area contributed by atoms with Crippen LogP contribution < -0.4 is 5.32 Å². The van der Waals surface area contributed by atoms with E-state index < -0.39 is 6.08 Å². The number of benzene rings is 1. The van der Waals surface area contributed by atoms with Crippen LogP contribution in [0, 0.1) is 6.08 Å². The summed E-state index contributed by atoms with van der Waals surface area (Å²) < 4.78 is 21.5. The molecule has 1 saturated heterocycles. The summed E-state index contributed by atoms with van der Waals surface area (Å²) in [6.45, 7) is 1.18. The van der Waals surface area contributed by atoms with E-state index in [2.05, 4.69) is 20.3 Å². The van der Waals surface area contributed by atoms with Gasteiger partial charge in [0, 0.05) is 18.2 Å². The molecule has 0 aliphatic carbocycles. The molecule has 1 fully saturated rings. The average molecular weight is 362 g/mol. The van der Waals surface area contributed by atoms with Crippen molar-refractivity contribution >= 4 is 28.6 Å². The first-order valence-electron chi connectivity index (χ1n) is 8.21. The predicted octanol–water partition coefficient (Wildman–Crippen LogP) is 3.93. The Morgan fingerprint density at radius 3 is 2.84 bits per heavy atom. The highest BCUT2D eigenvalue weighted by Crippen LogP contribution is 2.27. The van der Waals surface area contributed by atoms with E-state index in [1.54, 1.807) is 10.9 Å². The fraction of sp³-hybridized carbons (Fsp3) is 0.353. The van der Waals surface area contributed by atoms with Gasteiger partial charge >= 0.3 is 6.08 Å². The van der Waals surface area contributed by atoms with Gasteiger partial charge in [-0.3, -0.25) is 4.57 Å². The van der Waals surface area contributed by atoms with Crippen molar-refractivity contribution in [3.8, 4) is 0 Å². The molecule has 3 heterocycles. The van der Waals surface area contributed by atoms with Gasteiger partial charge in [0.15, 0.2) is 17.0 Å². The SMILES string of the molecule is Fc1nc(NCc2ccc(Cl)cc2)c2ncn(C3CCCCO3)c2n1. The normalized spacial score (nSPS) is 17.8. The fourth-order valence-corrected chi connectivity index (χ4v) is 3.08. The number of ether oxygens (including phenoxy) is 1. The molecule has 6 nitrogen and oxygen atoms in total. The lowest BCUT2D eigenvalue weighted by Crippen LogP contribution is -2.18. The van der Waals surface area contributed by atoms with Gasteiger partial charge in [-0.25, -0.2) is 4.98 Å². The smallest absolute Gasteiger partial charge is 0.312 e. The van der Waals surface area contributed by atoms with Gasteiger partial charge < -0.3 is 10.1 Å². The number of rotatable bonds is 4. The van der Waals surface area contributed by atoms with E-state index in [0.717, 1.165) is 24.8 Å². The molecule has 25 heavy (non-hydrogen) atoms. The number of aromatic nitrogens is 4. The number of fused-ring (bicyclic) bond motifs is 1. The third-order valence-corrected chi connectivity index (χ3v) is 4.49. The summed E-state index contributed by atoms with van der Waals surface area (Å²) in [5.41, 5.74) is 1.98. The van der Waals surface area contributed by atoms with Crippen molar-refractivity contribution in [1.82, 2.24) is 19.5 Å². The Hall–Kier alpha value is -2.25. The van der Waals surface area contributed by atoms with Crippen molar-refractivity contribution in [3.63, 3.8) is 0 Å². The predicted molar refractivity (Wildman–Crippen MR) is 92.9 cm³/mol. The number of nitrogens with zero attached hydrogens (tertiary/aromatic N) is 4. The fourth-order valence-electron chi connectivity index (χ4n) is 2.96. The highest BCUT2D eigenvalue weighted by atomic mass is 35.5. The van der Waals surface area contributed by atoms with Crippen molar-refractivity contribution < 1.29 is 9.13 Å². The third-order valence-electron chi connectivity index (χ3n) is 4.23. The Balaban J connectivity index is 1.62. The maximum atomic E-state index is 13.9. The second-order valence-electron chi connectivity index (χ2n) is 5.97. The van der Waals surface area contributed by atoms with Crippen LogP contribution >= 0.6 is 11.6 Å². The van der Waals surface area contributed by atoms with E-state index in [9.17, 15) is 4.39 Å². The maximum absolute atomic E-state index is 13.9. The van der Waals surface area contributed by atoms with Crippen LogP contribution in [0.3, 0.4) is 0 Å². The number of anilines is 1. The topological polar surface area (TPSA) is 64.9 Å². The van der Waals surface area contributed by atoms with Crippen LogP contribution in [0.4, 0.5) is 10.2 Å². The summed E-state index contributed by atoms with van der Waals surface area (Å²) in [7, 11) is 0. The first-order valence-corrected chi connectivity index (χ1v) is 8.58. The zero-order valence-corrected chi connectivity index (χ0v) is 14.2. The summed E-state index contributed by atoms with van der Waals surface area (Å²) in [5.74, 6) is 0.368. The second kappa shape index (κ2) is 6.93. The summed E-state index contributed by atoms with van der Waals surface area (Å²) in [6.07, 6.45) is 3.67. The van der Waals surface area contributed by atoms with Gasteiger partial charge in [-0.05, 0) is 37.0 Å². The van der Waals surface area contributed by atoms with Crippen molar-refractivity contribution in [2.75, 3.05) is 11.9 Å². The largest absolute Gasteiger partial charge is 0.364 e. The number of halogens is 2. The standard InChI is InChI=1S/C17H17ClFN5O/c18-12-6-4-11(5-7-12)9-20-15-14-16(23-17(19)22-15)24(10-21-14)13-3-1-2-8-25-13/h4-7,10,13H,1-3,8-9H2,(H,20,22,23). The molecule has 1 aromatic carbocycles. The Kier molecular flexibility index (Phi) is 4.50. The first kappa shape index (κ1) is 16.2. The quantitative estimate of drug-likeness (QED) is 0.713. The Labute approximate surface area is 149 Å². The molecular formula is C17H17ClFN5O. The molecule has 3 aromatic rings. The van der Waals surface area contributed by atoms with Gasteiger partial charge in [-0.2, -0.15) is 14.4 Å². The minimum absolute atomic E-state index is 0.155. The molecule has 8 heteroatoms.